The van der Waals surface area contributed by atoms with E-state index in [1.54, 1.807) is 11.3 Å². The second kappa shape index (κ2) is 6.18. The lowest BCUT2D eigenvalue weighted by Gasteiger charge is -2.12. The van der Waals surface area contributed by atoms with Crippen LogP contribution in [0.3, 0.4) is 0 Å². The van der Waals surface area contributed by atoms with Crippen LogP contribution in [-0.4, -0.2) is 24.5 Å². The number of benzene rings is 1. The molecule has 0 aliphatic heterocycles. The van der Waals surface area contributed by atoms with E-state index in [0.29, 0.717) is 10.8 Å². The van der Waals surface area contributed by atoms with Gasteiger partial charge in [-0.15, -0.1) is 22.7 Å². The molecule has 0 radical (unpaired) electrons. The van der Waals surface area contributed by atoms with Crippen LogP contribution in [0.25, 0.3) is 19.5 Å². The Bertz CT molecular complexity index is 923. The van der Waals surface area contributed by atoms with Crippen LogP contribution in [-0.2, 0) is 9.53 Å². The predicted molar refractivity (Wildman–Crippen MR) is 97.8 cm³/mol. The highest BCUT2D eigenvalue weighted by Crippen LogP contribution is 2.39. The van der Waals surface area contributed by atoms with Gasteiger partial charge in [0, 0.05) is 20.8 Å². The first-order valence-electron chi connectivity index (χ1n) is 7.99. The molecule has 4 rings (SSSR count). The van der Waals surface area contributed by atoms with Gasteiger partial charge in [-0.05, 0) is 37.8 Å². The van der Waals surface area contributed by atoms with Crippen molar-refractivity contribution in [1.29, 1.82) is 0 Å². The molecule has 24 heavy (non-hydrogen) atoms. The minimum Gasteiger partial charge on any atom is -0.451 e. The number of hydrogen-bond donors (Lipinski definition) is 1. The maximum absolute atomic E-state index is 12.2. The molecule has 1 atom stereocenters. The molecule has 2 aromatic heterocycles. The summed E-state index contributed by atoms with van der Waals surface area (Å²) in [5, 5.41) is 4.05. The fourth-order valence-corrected chi connectivity index (χ4v) is 5.23. The fourth-order valence-electron chi connectivity index (χ4n) is 2.81. The molecule has 2 heterocycles. The molecule has 1 amide bonds. The van der Waals surface area contributed by atoms with Crippen molar-refractivity contribution >= 4 is 54.0 Å². The number of hydrogen-bond acceptors (Lipinski definition) is 5. The van der Waals surface area contributed by atoms with Crippen LogP contribution in [0.2, 0.25) is 0 Å². The minimum atomic E-state index is -0.429. The molecule has 1 aromatic carbocycles. The summed E-state index contributed by atoms with van der Waals surface area (Å²) in [5.41, 5.74) is 0. The standard InChI is InChI=1S/C18H17NO3S2/c1-10(11-6-7-11)19-16(20)9-22-18(21)15-8-14-17(24-15)12-4-2-3-5-13(12)23-14/h2-5,8,10-11H,6-7,9H2,1H3,(H,19,20)/t10-/m0/s1. The molecule has 1 aliphatic carbocycles. The van der Waals surface area contributed by atoms with E-state index in [1.807, 2.05) is 25.1 Å². The number of thiophene rings is 2. The second-order valence-electron chi connectivity index (χ2n) is 6.17. The van der Waals surface area contributed by atoms with E-state index < -0.39 is 5.97 Å². The number of nitrogens with one attached hydrogen (secondary N) is 1. The number of amides is 1. The monoisotopic (exact) mass is 359 g/mol. The number of esters is 1. The molecule has 1 fully saturated rings. The van der Waals surface area contributed by atoms with Crippen molar-refractivity contribution in [3.05, 3.63) is 35.2 Å². The van der Waals surface area contributed by atoms with E-state index in [2.05, 4.69) is 17.4 Å². The van der Waals surface area contributed by atoms with Gasteiger partial charge >= 0.3 is 5.97 Å². The van der Waals surface area contributed by atoms with Gasteiger partial charge in [0.2, 0.25) is 0 Å². The van der Waals surface area contributed by atoms with Gasteiger partial charge in [0.15, 0.2) is 6.61 Å². The van der Waals surface area contributed by atoms with Gasteiger partial charge in [0.05, 0.1) is 4.70 Å². The molecule has 124 valence electrons. The zero-order chi connectivity index (χ0) is 16.7. The van der Waals surface area contributed by atoms with Crippen molar-refractivity contribution in [2.45, 2.75) is 25.8 Å². The summed E-state index contributed by atoms with van der Waals surface area (Å²) in [6.07, 6.45) is 2.34. The Morgan fingerprint density at radius 1 is 1.25 bits per heavy atom. The number of carbonyl (C=O) groups is 2. The molecule has 3 aromatic rings. The van der Waals surface area contributed by atoms with Crippen molar-refractivity contribution < 1.29 is 14.3 Å². The average molecular weight is 359 g/mol. The Balaban J connectivity index is 1.42. The molecular formula is C18H17NO3S2. The number of rotatable bonds is 5. The highest BCUT2D eigenvalue weighted by Gasteiger charge is 2.29. The van der Waals surface area contributed by atoms with Crippen LogP contribution >= 0.6 is 22.7 Å². The van der Waals surface area contributed by atoms with E-state index in [-0.39, 0.29) is 18.6 Å². The smallest absolute Gasteiger partial charge is 0.348 e. The summed E-state index contributed by atoms with van der Waals surface area (Å²) in [5.74, 6) is -0.0738. The summed E-state index contributed by atoms with van der Waals surface area (Å²) in [7, 11) is 0. The molecular weight excluding hydrogens is 342 g/mol. The molecule has 6 heteroatoms. The van der Waals surface area contributed by atoms with Gasteiger partial charge in [-0.25, -0.2) is 4.79 Å². The average Bonchev–Trinajstić information content (AvgIpc) is 3.25. The summed E-state index contributed by atoms with van der Waals surface area (Å²) in [6.45, 7) is 1.78. The van der Waals surface area contributed by atoms with Crippen LogP contribution in [0, 0.1) is 5.92 Å². The van der Waals surface area contributed by atoms with Crippen molar-refractivity contribution in [2.24, 2.45) is 5.92 Å². The van der Waals surface area contributed by atoms with Crippen molar-refractivity contribution in [1.82, 2.24) is 5.32 Å². The quantitative estimate of drug-likeness (QED) is 0.695. The van der Waals surface area contributed by atoms with E-state index in [4.69, 9.17) is 4.74 Å². The summed E-state index contributed by atoms with van der Waals surface area (Å²) >= 11 is 3.09. The SMILES string of the molecule is C[C@H](NC(=O)COC(=O)c1cc2sc3ccccc3c2s1)C1CC1. The Hall–Kier alpha value is -1.92. The van der Waals surface area contributed by atoms with Crippen LogP contribution in [0.5, 0.6) is 0 Å². The summed E-state index contributed by atoms with van der Waals surface area (Å²) < 4.78 is 8.57. The first-order chi connectivity index (χ1) is 11.6. The van der Waals surface area contributed by atoms with Gasteiger partial charge in [-0.1, -0.05) is 18.2 Å². The molecule has 4 nitrogen and oxygen atoms in total. The summed E-state index contributed by atoms with van der Waals surface area (Å²) in [6, 6.07) is 10.2. The van der Waals surface area contributed by atoms with Crippen molar-refractivity contribution in [3.63, 3.8) is 0 Å². The lowest BCUT2D eigenvalue weighted by Crippen LogP contribution is -2.37. The number of carbonyl (C=O) groups excluding carboxylic acids is 2. The van der Waals surface area contributed by atoms with Crippen LogP contribution < -0.4 is 5.32 Å². The Labute approximate surface area is 147 Å². The maximum atomic E-state index is 12.2. The zero-order valence-electron chi connectivity index (χ0n) is 13.2. The van der Waals surface area contributed by atoms with Gasteiger partial charge < -0.3 is 10.1 Å². The van der Waals surface area contributed by atoms with Gasteiger partial charge in [0.1, 0.15) is 4.88 Å². The van der Waals surface area contributed by atoms with Gasteiger partial charge in [-0.3, -0.25) is 4.79 Å². The van der Waals surface area contributed by atoms with E-state index in [9.17, 15) is 9.59 Å². The van der Waals surface area contributed by atoms with E-state index in [0.717, 1.165) is 14.8 Å². The van der Waals surface area contributed by atoms with Crippen molar-refractivity contribution in [2.75, 3.05) is 6.61 Å². The molecule has 0 spiro atoms. The zero-order valence-corrected chi connectivity index (χ0v) is 14.8. The first-order valence-corrected chi connectivity index (χ1v) is 9.62. The number of fused-ring (bicyclic) bond motifs is 3. The highest BCUT2D eigenvalue weighted by molar-refractivity contribution is 7.33. The minimum absolute atomic E-state index is 0.162. The lowest BCUT2D eigenvalue weighted by molar-refractivity contribution is -0.124. The Morgan fingerprint density at radius 2 is 2.04 bits per heavy atom. The van der Waals surface area contributed by atoms with Gasteiger partial charge in [0.25, 0.3) is 5.91 Å². The van der Waals surface area contributed by atoms with Crippen LogP contribution in [0.15, 0.2) is 30.3 Å². The first kappa shape index (κ1) is 15.6. The third-order valence-electron chi connectivity index (χ3n) is 4.30. The molecule has 0 saturated heterocycles. The maximum Gasteiger partial charge on any atom is 0.348 e. The third-order valence-corrected chi connectivity index (χ3v) is 6.70. The largest absolute Gasteiger partial charge is 0.451 e. The lowest BCUT2D eigenvalue weighted by atomic mass is 10.2. The number of ether oxygens (including phenoxy) is 1. The van der Waals surface area contributed by atoms with Crippen molar-refractivity contribution in [3.8, 4) is 0 Å². The summed E-state index contributed by atoms with van der Waals surface area (Å²) in [4.78, 5) is 24.6. The molecule has 0 bridgehead atoms. The molecule has 0 unspecified atom stereocenters. The Morgan fingerprint density at radius 3 is 2.83 bits per heavy atom. The van der Waals surface area contributed by atoms with Crippen LogP contribution in [0.1, 0.15) is 29.4 Å². The Kier molecular flexibility index (Phi) is 4.02. The van der Waals surface area contributed by atoms with E-state index >= 15 is 0 Å². The highest BCUT2D eigenvalue weighted by atomic mass is 32.1. The van der Waals surface area contributed by atoms with E-state index in [1.165, 1.54) is 28.9 Å². The molecule has 1 aliphatic rings. The predicted octanol–water partition coefficient (Wildman–Crippen LogP) is 4.19. The normalized spacial score (nSPS) is 15.5. The topological polar surface area (TPSA) is 55.4 Å². The second-order valence-corrected chi connectivity index (χ2v) is 8.31. The van der Waals surface area contributed by atoms with Crippen LogP contribution in [0.4, 0.5) is 0 Å². The molecule has 1 saturated carbocycles. The third kappa shape index (κ3) is 3.03. The van der Waals surface area contributed by atoms with Gasteiger partial charge in [-0.2, -0.15) is 0 Å². The molecule has 1 N–H and O–H groups in total. The fraction of sp³-hybridized carbons (Fsp3) is 0.333.